The zero-order valence-corrected chi connectivity index (χ0v) is 10.6. The van der Waals surface area contributed by atoms with E-state index in [1.165, 1.54) is 32.1 Å². The van der Waals surface area contributed by atoms with E-state index >= 15 is 0 Å². The Morgan fingerprint density at radius 1 is 1.20 bits per heavy atom. The summed E-state index contributed by atoms with van der Waals surface area (Å²) in [5.41, 5.74) is 0. The molecule has 0 aliphatic heterocycles. The van der Waals surface area contributed by atoms with Crippen molar-refractivity contribution in [3.63, 3.8) is 0 Å². The summed E-state index contributed by atoms with van der Waals surface area (Å²) >= 11 is 0. The Labute approximate surface area is 94.8 Å². The largest absolute Gasteiger partial charge is 0.379 e. The second kappa shape index (κ2) is 7.24. The molecular formula is C13H27NO. The topological polar surface area (TPSA) is 21.3 Å². The highest BCUT2D eigenvalue weighted by molar-refractivity contribution is 4.77. The lowest BCUT2D eigenvalue weighted by Crippen LogP contribution is -2.27. The minimum Gasteiger partial charge on any atom is -0.379 e. The summed E-state index contributed by atoms with van der Waals surface area (Å²) in [6.45, 7) is 8.56. The van der Waals surface area contributed by atoms with Crippen LogP contribution in [0.1, 0.15) is 52.9 Å². The predicted molar refractivity (Wildman–Crippen MR) is 65.1 cm³/mol. The van der Waals surface area contributed by atoms with Crippen LogP contribution in [0.2, 0.25) is 0 Å². The van der Waals surface area contributed by atoms with Gasteiger partial charge in [0.1, 0.15) is 0 Å². The van der Waals surface area contributed by atoms with Crippen molar-refractivity contribution in [2.24, 2.45) is 5.92 Å². The normalized spacial score (nSPS) is 18.4. The second-order valence-electron chi connectivity index (χ2n) is 5.16. The molecule has 0 heterocycles. The van der Waals surface area contributed by atoms with Crippen LogP contribution in [-0.2, 0) is 4.74 Å². The molecule has 0 aromatic rings. The Morgan fingerprint density at radius 2 is 1.93 bits per heavy atom. The zero-order valence-electron chi connectivity index (χ0n) is 10.6. The van der Waals surface area contributed by atoms with E-state index in [-0.39, 0.29) is 0 Å². The first kappa shape index (κ1) is 13.0. The maximum absolute atomic E-state index is 5.50. The number of hydrogen-bond acceptors (Lipinski definition) is 2. The van der Waals surface area contributed by atoms with Crippen molar-refractivity contribution in [1.82, 2.24) is 5.32 Å². The van der Waals surface area contributed by atoms with Crippen LogP contribution < -0.4 is 5.32 Å². The Bertz CT molecular complexity index is 155. The fraction of sp³-hybridized carbons (Fsp3) is 1.00. The van der Waals surface area contributed by atoms with E-state index in [4.69, 9.17) is 4.74 Å². The molecule has 1 unspecified atom stereocenters. The monoisotopic (exact) mass is 213 g/mol. The first-order chi connectivity index (χ1) is 7.18. The van der Waals surface area contributed by atoms with Crippen molar-refractivity contribution in [1.29, 1.82) is 0 Å². The van der Waals surface area contributed by atoms with Crippen LogP contribution >= 0.6 is 0 Å². The summed E-state index contributed by atoms with van der Waals surface area (Å²) in [7, 11) is 0. The van der Waals surface area contributed by atoms with Crippen molar-refractivity contribution in [3.05, 3.63) is 0 Å². The molecule has 1 aliphatic carbocycles. The van der Waals surface area contributed by atoms with Gasteiger partial charge in [0.05, 0.1) is 6.10 Å². The van der Waals surface area contributed by atoms with Gasteiger partial charge in [-0.15, -0.1) is 0 Å². The van der Waals surface area contributed by atoms with Gasteiger partial charge in [-0.25, -0.2) is 0 Å². The zero-order chi connectivity index (χ0) is 11.1. The van der Waals surface area contributed by atoms with Gasteiger partial charge in [-0.3, -0.25) is 0 Å². The van der Waals surface area contributed by atoms with Crippen molar-refractivity contribution < 1.29 is 4.74 Å². The van der Waals surface area contributed by atoms with E-state index in [0.717, 1.165) is 19.1 Å². The molecule has 0 bridgehead atoms. The molecule has 1 fully saturated rings. The Hall–Kier alpha value is -0.0800. The van der Waals surface area contributed by atoms with Crippen LogP contribution in [0.5, 0.6) is 0 Å². The lowest BCUT2D eigenvalue weighted by molar-refractivity contribution is 0.0759. The lowest BCUT2D eigenvalue weighted by Gasteiger charge is -2.13. The van der Waals surface area contributed by atoms with Crippen molar-refractivity contribution in [2.75, 3.05) is 13.2 Å². The standard InChI is InChI=1S/C13H27NO/c1-11(2)15-9-5-4-8-14-12(3)10-13-6-7-13/h11-14H,4-10H2,1-3H3. The third-order valence-corrected chi connectivity index (χ3v) is 2.90. The summed E-state index contributed by atoms with van der Waals surface area (Å²) in [5, 5.41) is 3.59. The minimum absolute atomic E-state index is 0.381. The Morgan fingerprint density at radius 3 is 2.53 bits per heavy atom. The fourth-order valence-electron chi connectivity index (χ4n) is 1.83. The van der Waals surface area contributed by atoms with E-state index < -0.39 is 0 Å². The summed E-state index contributed by atoms with van der Waals surface area (Å²) in [4.78, 5) is 0. The average molecular weight is 213 g/mol. The van der Waals surface area contributed by atoms with Gasteiger partial charge in [0.15, 0.2) is 0 Å². The molecule has 0 aromatic carbocycles. The molecule has 0 amide bonds. The first-order valence-corrected chi connectivity index (χ1v) is 6.53. The molecule has 0 saturated heterocycles. The molecule has 2 heteroatoms. The fourth-order valence-corrected chi connectivity index (χ4v) is 1.83. The summed E-state index contributed by atoms with van der Waals surface area (Å²) in [6.07, 6.45) is 7.11. The van der Waals surface area contributed by atoms with Gasteiger partial charge in [-0.1, -0.05) is 12.8 Å². The van der Waals surface area contributed by atoms with E-state index in [0.29, 0.717) is 12.1 Å². The maximum atomic E-state index is 5.50. The SMILES string of the molecule is CC(CC1CC1)NCCCCOC(C)C. The summed E-state index contributed by atoms with van der Waals surface area (Å²) in [5.74, 6) is 1.04. The molecule has 15 heavy (non-hydrogen) atoms. The Kier molecular flexibility index (Phi) is 6.26. The highest BCUT2D eigenvalue weighted by Gasteiger charge is 2.22. The van der Waals surface area contributed by atoms with E-state index in [2.05, 4.69) is 26.1 Å². The van der Waals surface area contributed by atoms with Gasteiger partial charge in [-0.2, -0.15) is 0 Å². The molecule has 0 spiro atoms. The van der Waals surface area contributed by atoms with Gasteiger partial charge in [0, 0.05) is 12.6 Å². The predicted octanol–water partition coefficient (Wildman–Crippen LogP) is 2.97. The minimum atomic E-state index is 0.381. The summed E-state index contributed by atoms with van der Waals surface area (Å²) < 4.78 is 5.50. The van der Waals surface area contributed by atoms with Crippen LogP contribution in [0.4, 0.5) is 0 Å². The lowest BCUT2D eigenvalue weighted by atomic mass is 10.1. The Balaban J connectivity index is 1.79. The third kappa shape index (κ3) is 7.80. The molecule has 2 nitrogen and oxygen atoms in total. The molecule has 90 valence electrons. The number of hydrogen-bond donors (Lipinski definition) is 1. The highest BCUT2D eigenvalue weighted by atomic mass is 16.5. The molecular weight excluding hydrogens is 186 g/mol. The molecule has 0 aromatic heterocycles. The smallest absolute Gasteiger partial charge is 0.0518 e. The molecule has 1 atom stereocenters. The maximum Gasteiger partial charge on any atom is 0.0518 e. The van der Waals surface area contributed by atoms with E-state index in [1.54, 1.807) is 0 Å². The number of rotatable bonds is 9. The van der Waals surface area contributed by atoms with Gasteiger partial charge >= 0.3 is 0 Å². The third-order valence-electron chi connectivity index (χ3n) is 2.90. The van der Waals surface area contributed by atoms with E-state index in [9.17, 15) is 0 Å². The number of unbranched alkanes of at least 4 members (excludes halogenated alkanes) is 1. The molecule has 0 radical (unpaired) electrons. The highest BCUT2D eigenvalue weighted by Crippen LogP contribution is 2.33. The summed E-state index contributed by atoms with van der Waals surface area (Å²) in [6, 6.07) is 0.712. The van der Waals surface area contributed by atoms with Crippen LogP contribution in [0, 0.1) is 5.92 Å². The van der Waals surface area contributed by atoms with Gasteiger partial charge in [0.2, 0.25) is 0 Å². The van der Waals surface area contributed by atoms with Crippen LogP contribution in [0.15, 0.2) is 0 Å². The van der Waals surface area contributed by atoms with E-state index in [1.807, 2.05) is 0 Å². The van der Waals surface area contributed by atoms with Gasteiger partial charge in [-0.05, 0) is 52.5 Å². The van der Waals surface area contributed by atoms with Crippen molar-refractivity contribution in [2.45, 2.75) is 65.0 Å². The average Bonchev–Trinajstić information content (AvgIpc) is 2.94. The molecule has 1 saturated carbocycles. The van der Waals surface area contributed by atoms with Crippen LogP contribution in [-0.4, -0.2) is 25.3 Å². The van der Waals surface area contributed by atoms with Crippen LogP contribution in [0.3, 0.4) is 0 Å². The van der Waals surface area contributed by atoms with Crippen molar-refractivity contribution in [3.8, 4) is 0 Å². The van der Waals surface area contributed by atoms with Gasteiger partial charge in [0.25, 0.3) is 0 Å². The molecule has 1 N–H and O–H groups in total. The second-order valence-corrected chi connectivity index (χ2v) is 5.16. The number of ether oxygens (including phenoxy) is 1. The molecule has 1 rings (SSSR count). The quantitative estimate of drug-likeness (QED) is 0.595. The van der Waals surface area contributed by atoms with Crippen LogP contribution in [0.25, 0.3) is 0 Å². The molecule has 1 aliphatic rings. The first-order valence-electron chi connectivity index (χ1n) is 6.53. The van der Waals surface area contributed by atoms with Gasteiger partial charge < -0.3 is 10.1 Å². The number of nitrogens with one attached hydrogen (secondary N) is 1. The van der Waals surface area contributed by atoms with Crippen molar-refractivity contribution >= 4 is 0 Å².